The number of aromatic carboxylic acids is 1. The van der Waals surface area contributed by atoms with Crippen molar-refractivity contribution in [2.75, 3.05) is 6.54 Å². The third-order valence-electron chi connectivity index (χ3n) is 2.93. The molecule has 0 aliphatic carbocycles. The molecule has 1 aromatic carbocycles. The maximum Gasteiger partial charge on any atom is 0.336 e. The minimum absolute atomic E-state index is 0.105. The van der Waals surface area contributed by atoms with E-state index in [1.165, 1.54) is 6.20 Å². The first-order valence-electron chi connectivity index (χ1n) is 6.37. The third-order valence-corrected chi connectivity index (χ3v) is 2.93. The van der Waals surface area contributed by atoms with E-state index in [0.29, 0.717) is 23.2 Å². The van der Waals surface area contributed by atoms with Crippen LogP contribution in [0.4, 0.5) is 0 Å². The standard InChI is InChI=1S/C15H14N2O4/c1-2-16-14(19)10-5-3-4-9(6-10)12-8-17-13(18)7-11(12)15(20)21/h3-8H,2H2,1H3,(H,16,19)(H,17,18)(H,20,21). The van der Waals surface area contributed by atoms with Crippen LogP contribution in [-0.4, -0.2) is 28.5 Å². The van der Waals surface area contributed by atoms with Crippen LogP contribution < -0.4 is 10.9 Å². The van der Waals surface area contributed by atoms with Gasteiger partial charge in [0.2, 0.25) is 5.56 Å². The predicted molar refractivity (Wildman–Crippen MR) is 77.5 cm³/mol. The fourth-order valence-electron chi connectivity index (χ4n) is 1.98. The van der Waals surface area contributed by atoms with Crippen LogP contribution in [0.2, 0.25) is 0 Å². The number of carbonyl (C=O) groups excluding carboxylic acids is 1. The highest BCUT2D eigenvalue weighted by Crippen LogP contribution is 2.23. The van der Waals surface area contributed by atoms with E-state index in [4.69, 9.17) is 0 Å². The summed E-state index contributed by atoms with van der Waals surface area (Å²) >= 11 is 0. The van der Waals surface area contributed by atoms with Crippen molar-refractivity contribution in [1.29, 1.82) is 0 Å². The monoisotopic (exact) mass is 286 g/mol. The maximum atomic E-state index is 11.8. The van der Waals surface area contributed by atoms with Crippen LogP contribution in [0.5, 0.6) is 0 Å². The van der Waals surface area contributed by atoms with Gasteiger partial charge in [-0.05, 0) is 24.6 Å². The van der Waals surface area contributed by atoms with E-state index in [1.54, 1.807) is 24.3 Å². The van der Waals surface area contributed by atoms with Gasteiger partial charge in [0.15, 0.2) is 0 Å². The average Bonchev–Trinajstić information content (AvgIpc) is 2.47. The van der Waals surface area contributed by atoms with Crippen molar-refractivity contribution >= 4 is 11.9 Å². The number of nitrogens with one attached hydrogen (secondary N) is 2. The number of carbonyl (C=O) groups is 2. The van der Waals surface area contributed by atoms with Gasteiger partial charge in [-0.1, -0.05) is 12.1 Å². The topological polar surface area (TPSA) is 99.3 Å². The Labute approximate surface area is 120 Å². The van der Waals surface area contributed by atoms with Crippen molar-refractivity contribution < 1.29 is 14.7 Å². The Morgan fingerprint density at radius 2 is 2.05 bits per heavy atom. The predicted octanol–water partition coefficient (Wildman–Crippen LogP) is 1.49. The molecule has 2 aromatic rings. The van der Waals surface area contributed by atoms with Crippen LogP contribution in [0.1, 0.15) is 27.6 Å². The number of rotatable bonds is 4. The average molecular weight is 286 g/mol. The van der Waals surface area contributed by atoms with Gasteiger partial charge in [0.1, 0.15) is 0 Å². The summed E-state index contributed by atoms with van der Waals surface area (Å²) < 4.78 is 0. The number of carboxylic acids is 1. The zero-order chi connectivity index (χ0) is 15.4. The van der Waals surface area contributed by atoms with Gasteiger partial charge < -0.3 is 15.4 Å². The first-order valence-corrected chi connectivity index (χ1v) is 6.37. The summed E-state index contributed by atoms with van der Waals surface area (Å²) in [6, 6.07) is 7.60. The van der Waals surface area contributed by atoms with E-state index in [9.17, 15) is 19.5 Å². The van der Waals surface area contributed by atoms with E-state index >= 15 is 0 Å². The number of aromatic amines is 1. The molecule has 0 saturated carbocycles. The van der Waals surface area contributed by atoms with Crippen molar-refractivity contribution in [1.82, 2.24) is 10.3 Å². The number of carboxylic acid groups (broad SMARTS) is 1. The van der Waals surface area contributed by atoms with E-state index < -0.39 is 11.5 Å². The van der Waals surface area contributed by atoms with E-state index in [0.717, 1.165) is 6.07 Å². The summed E-state index contributed by atoms with van der Waals surface area (Å²) in [5.41, 5.74) is 0.736. The molecule has 1 heterocycles. The van der Waals surface area contributed by atoms with Gasteiger partial charge in [0.05, 0.1) is 5.56 Å². The molecule has 0 radical (unpaired) electrons. The number of aromatic nitrogens is 1. The van der Waals surface area contributed by atoms with E-state index in [1.807, 2.05) is 6.92 Å². The van der Waals surface area contributed by atoms with Crippen LogP contribution in [0.15, 0.2) is 41.3 Å². The Hall–Kier alpha value is -2.89. The molecule has 0 saturated heterocycles. The van der Waals surface area contributed by atoms with Gasteiger partial charge in [0, 0.05) is 29.9 Å². The first-order chi connectivity index (χ1) is 10.0. The molecule has 0 bridgehead atoms. The van der Waals surface area contributed by atoms with Crippen LogP contribution in [0.3, 0.4) is 0 Å². The highest BCUT2D eigenvalue weighted by molar-refractivity contribution is 5.98. The Kier molecular flexibility index (Phi) is 4.18. The largest absolute Gasteiger partial charge is 0.478 e. The molecule has 6 nitrogen and oxygen atoms in total. The number of benzene rings is 1. The summed E-state index contributed by atoms with van der Waals surface area (Å²) in [5, 5.41) is 11.9. The lowest BCUT2D eigenvalue weighted by Gasteiger charge is -2.08. The number of hydrogen-bond donors (Lipinski definition) is 3. The van der Waals surface area contributed by atoms with E-state index in [2.05, 4.69) is 10.3 Å². The van der Waals surface area contributed by atoms with Crippen molar-refractivity contribution in [2.24, 2.45) is 0 Å². The fourth-order valence-corrected chi connectivity index (χ4v) is 1.98. The van der Waals surface area contributed by atoms with Crippen LogP contribution in [0, 0.1) is 0 Å². The lowest BCUT2D eigenvalue weighted by Crippen LogP contribution is -2.22. The fraction of sp³-hybridized carbons (Fsp3) is 0.133. The molecular weight excluding hydrogens is 272 g/mol. The molecular formula is C15H14N2O4. The molecule has 0 atom stereocenters. The zero-order valence-corrected chi connectivity index (χ0v) is 11.3. The van der Waals surface area contributed by atoms with Crippen molar-refractivity contribution in [3.05, 3.63) is 58.0 Å². The number of amides is 1. The second-order valence-corrected chi connectivity index (χ2v) is 4.37. The van der Waals surface area contributed by atoms with Gasteiger partial charge in [0.25, 0.3) is 5.91 Å². The zero-order valence-electron chi connectivity index (χ0n) is 11.3. The summed E-state index contributed by atoms with van der Waals surface area (Å²) in [6.45, 7) is 2.31. The number of H-pyrrole nitrogens is 1. The van der Waals surface area contributed by atoms with Crippen LogP contribution in [0.25, 0.3) is 11.1 Å². The molecule has 1 aromatic heterocycles. The molecule has 0 spiro atoms. The van der Waals surface area contributed by atoms with Crippen molar-refractivity contribution in [2.45, 2.75) is 6.92 Å². The second-order valence-electron chi connectivity index (χ2n) is 4.37. The minimum Gasteiger partial charge on any atom is -0.478 e. The molecule has 3 N–H and O–H groups in total. The lowest BCUT2D eigenvalue weighted by molar-refractivity contribution is 0.0697. The lowest BCUT2D eigenvalue weighted by atomic mass is 10.00. The quantitative estimate of drug-likeness (QED) is 0.792. The molecule has 2 rings (SSSR count). The Morgan fingerprint density at radius 1 is 1.29 bits per heavy atom. The molecule has 21 heavy (non-hydrogen) atoms. The molecule has 0 fully saturated rings. The Bertz CT molecular complexity index is 749. The highest BCUT2D eigenvalue weighted by atomic mass is 16.4. The number of hydrogen-bond acceptors (Lipinski definition) is 3. The summed E-state index contributed by atoms with van der Waals surface area (Å²) in [5.74, 6) is -1.43. The normalized spacial score (nSPS) is 10.1. The Morgan fingerprint density at radius 3 is 2.71 bits per heavy atom. The van der Waals surface area contributed by atoms with Gasteiger partial charge in [-0.25, -0.2) is 4.79 Å². The Balaban J connectivity index is 2.53. The van der Waals surface area contributed by atoms with Crippen molar-refractivity contribution in [3.8, 4) is 11.1 Å². The smallest absolute Gasteiger partial charge is 0.336 e. The van der Waals surface area contributed by atoms with E-state index in [-0.39, 0.29) is 11.5 Å². The summed E-state index contributed by atoms with van der Waals surface area (Å²) in [7, 11) is 0. The molecule has 0 unspecified atom stereocenters. The van der Waals surface area contributed by atoms with Gasteiger partial charge in [-0.15, -0.1) is 0 Å². The summed E-state index contributed by atoms with van der Waals surface area (Å²) in [4.78, 5) is 36.8. The SMILES string of the molecule is CCNC(=O)c1cccc(-c2c[nH]c(=O)cc2C(=O)O)c1. The molecule has 6 heteroatoms. The van der Waals surface area contributed by atoms with Gasteiger partial charge in [-0.2, -0.15) is 0 Å². The molecule has 1 amide bonds. The van der Waals surface area contributed by atoms with Gasteiger partial charge in [-0.3, -0.25) is 9.59 Å². The number of pyridine rings is 1. The molecule has 0 aliphatic heterocycles. The minimum atomic E-state index is -1.19. The van der Waals surface area contributed by atoms with Crippen LogP contribution >= 0.6 is 0 Å². The highest BCUT2D eigenvalue weighted by Gasteiger charge is 2.14. The van der Waals surface area contributed by atoms with Gasteiger partial charge >= 0.3 is 5.97 Å². The molecule has 0 aliphatic rings. The third kappa shape index (κ3) is 3.17. The second kappa shape index (κ2) is 6.04. The first kappa shape index (κ1) is 14.5. The van der Waals surface area contributed by atoms with Crippen LogP contribution in [-0.2, 0) is 0 Å². The van der Waals surface area contributed by atoms with Crippen molar-refractivity contribution in [3.63, 3.8) is 0 Å². The summed E-state index contributed by atoms with van der Waals surface area (Å²) in [6.07, 6.45) is 1.34. The molecule has 108 valence electrons. The maximum absolute atomic E-state index is 11.8.